The number of carbonyl (C=O) groups excluding carboxylic acids is 1. The van der Waals surface area contributed by atoms with Gasteiger partial charge in [0.15, 0.2) is 0 Å². The predicted octanol–water partition coefficient (Wildman–Crippen LogP) is 4.28. The highest BCUT2D eigenvalue weighted by Gasteiger charge is 2.37. The van der Waals surface area contributed by atoms with Gasteiger partial charge in [0.05, 0.1) is 28.4 Å². The Morgan fingerprint density at radius 1 is 1.17 bits per heavy atom. The SMILES string of the molecule is Cc1ccc(C(F)(F)F)c(C(=O)N2CCC(Nc3cnc4ccccc4n3)C2)c1. The number of nitrogens with zero attached hydrogens (tertiary/aromatic N) is 3. The van der Waals surface area contributed by atoms with Crippen molar-refractivity contribution in [2.45, 2.75) is 25.6 Å². The fraction of sp³-hybridized carbons (Fsp3) is 0.286. The van der Waals surface area contributed by atoms with Gasteiger partial charge in [-0.3, -0.25) is 9.78 Å². The fourth-order valence-corrected chi connectivity index (χ4v) is 3.55. The van der Waals surface area contributed by atoms with Crippen molar-refractivity contribution in [2.24, 2.45) is 0 Å². The summed E-state index contributed by atoms with van der Waals surface area (Å²) in [6, 6.07) is 11.0. The lowest BCUT2D eigenvalue weighted by molar-refractivity contribution is -0.138. The zero-order valence-electron chi connectivity index (χ0n) is 15.7. The zero-order chi connectivity index (χ0) is 20.6. The first-order valence-electron chi connectivity index (χ1n) is 9.27. The van der Waals surface area contributed by atoms with Gasteiger partial charge < -0.3 is 10.2 Å². The van der Waals surface area contributed by atoms with Crippen molar-refractivity contribution in [2.75, 3.05) is 18.4 Å². The normalized spacial score (nSPS) is 17.0. The summed E-state index contributed by atoms with van der Waals surface area (Å²) >= 11 is 0. The second-order valence-corrected chi connectivity index (χ2v) is 7.17. The van der Waals surface area contributed by atoms with E-state index in [-0.39, 0.29) is 11.6 Å². The lowest BCUT2D eigenvalue weighted by atomic mass is 10.0. The van der Waals surface area contributed by atoms with Gasteiger partial charge in [-0.2, -0.15) is 13.2 Å². The Morgan fingerprint density at radius 3 is 2.69 bits per heavy atom. The van der Waals surface area contributed by atoms with E-state index in [1.807, 2.05) is 24.3 Å². The van der Waals surface area contributed by atoms with Crippen molar-refractivity contribution in [3.63, 3.8) is 0 Å². The van der Waals surface area contributed by atoms with Gasteiger partial charge in [0.2, 0.25) is 0 Å². The third kappa shape index (κ3) is 4.01. The molecule has 1 aliphatic heterocycles. The molecule has 1 N–H and O–H groups in total. The molecule has 2 heterocycles. The van der Waals surface area contributed by atoms with Gasteiger partial charge in [0, 0.05) is 19.1 Å². The number of aromatic nitrogens is 2. The zero-order valence-corrected chi connectivity index (χ0v) is 15.7. The highest BCUT2D eigenvalue weighted by atomic mass is 19.4. The van der Waals surface area contributed by atoms with Gasteiger partial charge in [-0.1, -0.05) is 23.8 Å². The number of nitrogens with one attached hydrogen (secondary N) is 1. The van der Waals surface area contributed by atoms with Crippen LogP contribution in [-0.2, 0) is 6.18 Å². The van der Waals surface area contributed by atoms with Crippen LogP contribution >= 0.6 is 0 Å². The molecule has 150 valence electrons. The molecule has 0 bridgehead atoms. The molecule has 4 rings (SSSR count). The Balaban J connectivity index is 1.49. The van der Waals surface area contributed by atoms with Crippen LogP contribution in [0.5, 0.6) is 0 Å². The van der Waals surface area contributed by atoms with E-state index in [1.54, 1.807) is 13.1 Å². The number of carbonyl (C=O) groups is 1. The molecule has 2 aromatic carbocycles. The molecule has 29 heavy (non-hydrogen) atoms. The summed E-state index contributed by atoms with van der Waals surface area (Å²) < 4.78 is 40.0. The van der Waals surface area contributed by atoms with Gasteiger partial charge in [-0.25, -0.2) is 4.98 Å². The van der Waals surface area contributed by atoms with Crippen molar-refractivity contribution in [1.82, 2.24) is 14.9 Å². The second-order valence-electron chi connectivity index (χ2n) is 7.17. The first-order chi connectivity index (χ1) is 13.8. The van der Waals surface area contributed by atoms with Crippen LogP contribution in [0.4, 0.5) is 19.0 Å². The number of anilines is 1. The van der Waals surface area contributed by atoms with Crippen LogP contribution in [0.15, 0.2) is 48.7 Å². The molecule has 0 spiro atoms. The molecule has 5 nitrogen and oxygen atoms in total. The van der Waals surface area contributed by atoms with E-state index in [4.69, 9.17) is 0 Å². The smallest absolute Gasteiger partial charge is 0.364 e. The second kappa shape index (κ2) is 7.35. The van der Waals surface area contributed by atoms with Crippen LogP contribution in [0.25, 0.3) is 11.0 Å². The van der Waals surface area contributed by atoms with E-state index in [9.17, 15) is 18.0 Å². The minimum Gasteiger partial charge on any atom is -0.364 e. The van der Waals surface area contributed by atoms with Crippen LogP contribution in [0.1, 0.15) is 27.9 Å². The number of rotatable bonds is 3. The monoisotopic (exact) mass is 400 g/mol. The summed E-state index contributed by atoms with van der Waals surface area (Å²) in [5, 5.41) is 3.24. The van der Waals surface area contributed by atoms with Gasteiger partial charge in [0.25, 0.3) is 5.91 Å². The predicted molar refractivity (Wildman–Crippen MR) is 104 cm³/mol. The van der Waals surface area contributed by atoms with E-state index in [2.05, 4.69) is 15.3 Å². The number of alkyl halides is 3. The maximum Gasteiger partial charge on any atom is 0.417 e. The third-order valence-corrected chi connectivity index (χ3v) is 4.99. The molecule has 1 atom stereocenters. The fourth-order valence-electron chi connectivity index (χ4n) is 3.55. The number of hydrogen-bond donors (Lipinski definition) is 1. The van der Waals surface area contributed by atoms with Crippen LogP contribution in [-0.4, -0.2) is 39.9 Å². The van der Waals surface area contributed by atoms with E-state index < -0.39 is 17.6 Å². The minimum atomic E-state index is -4.57. The Morgan fingerprint density at radius 2 is 1.93 bits per heavy atom. The maximum atomic E-state index is 13.3. The van der Waals surface area contributed by atoms with Crippen LogP contribution in [0.2, 0.25) is 0 Å². The Kier molecular flexibility index (Phi) is 4.86. The molecular weight excluding hydrogens is 381 g/mol. The first-order valence-corrected chi connectivity index (χ1v) is 9.27. The third-order valence-electron chi connectivity index (χ3n) is 4.99. The summed E-state index contributed by atoms with van der Waals surface area (Å²) in [7, 11) is 0. The molecule has 1 amide bonds. The number of amides is 1. The lowest BCUT2D eigenvalue weighted by Gasteiger charge is -2.20. The topological polar surface area (TPSA) is 58.1 Å². The van der Waals surface area contributed by atoms with Gasteiger partial charge in [-0.05, 0) is 37.6 Å². The van der Waals surface area contributed by atoms with Crippen LogP contribution in [0, 0.1) is 6.92 Å². The van der Waals surface area contributed by atoms with Crippen molar-refractivity contribution < 1.29 is 18.0 Å². The number of fused-ring (bicyclic) bond motifs is 1. The molecule has 1 unspecified atom stereocenters. The Bertz CT molecular complexity index is 1070. The highest BCUT2D eigenvalue weighted by Crippen LogP contribution is 2.33. The summed E-state index contributed by atoms with van der Waals surface area (Å²) in [5.74, 6) is -0.0237. The molecule has 0 aliphatic carbocycles. The van der Waals surface area contributed by atoms with Crippen molar-refractivity contribution in [1.29, 1.82) is 0 Å². The van der Waals surface area contributed by atoms with E-state index in [1.165, 1.54) is 17.0 Å². The Labute approximate surface area is 165 Å². The van der Waals surface area contributed by atoms with E-state index in [0.717, 1.165) is 17.1 Å². The number of halogens is 3. The molecule has 1 saturated heterocycles. The van der Waals surface area contributed by atoms with Gasteiger partial charge in [0.1, 0.15) is 5.82 Å². The highest BCUT2D eigenvalue weighted by molar-refractivity contribution is 5.96. The quantitative estimate of drug-likeness (QED) is 0.713. The summed E-state index contributed by atoms with van der Waals surface area (Å²) in [4.78, 5) is 23.1. The number of para-hydroxylation sites is 2. The number of aryl methyl sites for hydroxylation is 1. The molecular formula is C21H19F3N4O. The average molecular weight is 400 g/mol. The number of hydrogen-bond acceptors (Lipinski definition) is 4. The standard InChI is InChI=1S/C21H19F3N4O/c1-13-6-7-16(21(22,23)24)15(10-13)20(29)28-9-8-14(12-28)26-19-11-25-17-4-2-3-5-18(17)27-19/h2-7,10-11,14H,8-9,12H2,1H3,(H,26,27). The molecule has 3 aromatic rings. The largest absolute Gasteiger partial charge is 0.417 e. The minimum absolute atomic E-state index is 0.103. The molecule has 1 fully saturated rings. The first kappa shape index (κ1) is 19.2. The summed E-state index contributed by atoms with van der Waals surface area (Å²) in [5.41, 5.74) is 0.939. The average Bonchev–Trinajstić information content (AvgIpc) is 3.14. The van der Waals surface area contributed by atoms with Crippen molar-refractivity contribution in [3.8, 4) is 0 Å². The molecule has 0 saturated carbocycles. The molecule has 1 aromatic heterocycles. The number of likely N-dealkylation sites (tertiary alicyclic amines) is 1. The summed E-state index contributed by atoms with van der Waals surface area (Å²) in [6.45, 7) is 2.35. The van der Waals surface area contributed by atoms with Crippen molar-refractivity contribution >= 4 is 22.8 Å². The van der Waals surface area contributed by atoms with E-state index in [0.29, 0.717) is 30.9 Å². The molecule has 1 aliphatic rings. The van der Waals surface area contributed by atoms with Crippen molar-refractivity contribution in [3.05, 3.63) is 65.4 Å². The van der Waals surface area contributed by atoms with Crippen LogP contribution in [0.3, 0.4) is 0 Å². The summed E-state index contributed by atoms with van der Waals surface area (Å²) in [6.07, 6.45) is -2.33. The maximum absolute atomic E-state index is 13.3. The lowest BCUT2D eigenvalue weighted by Crippen LogP contribution is -2.33. The molecule has 0 radical (unpaired) electrons. The van der Waals surface area contributed by atoms with Gasteiger partial charge >= 0.3 is 6.18 Å². The van der Waals surface area contributed by atoms with Gasteiger partial charge in [-0.15, -0.1) is 0 Å². The van der Waals surface area contributed by atoms with Crippen LogP contribution < -0.4 is 5.32 Å². The molecule has 8 heteroatoms. The Hall–Kier alpha value is -3.16. The number of benzene rings is 2. The van der Waals surface area contributed by atoms with E-state index >= 15 is 0 Å².